The van der Waals surface area contributed by atoms with E-state index in [1.807, 2.05) is 6.07 Å². The summed E-state index contributed by atoms with van der Waals surface area (Å²) < 4.78 is 3.74. The molecule has 2 aromatic heterocycles. The van der Waals surface area contributed by atoms with E-state index in [4.69, 9.17) is 35.4 Å². The van der Waals surface area contributed by atoms with Crippen LogP contribution in [0.1, 0.15) is 5.56 Å². The lowest BCUT2D eigenvalue weighted by molar-refractivity contribution is 0.785. The third-order valence-electron chi connectivity index (χ3n) is 1.69. The molecule has 0 bridgehead atoms. The molecule has 0 aliphatic heterocycles. The van der Waals surface area contributed by atoms with E-state index in [0.717, 1.165) is 5.56 Å². The molecule has 2 heterocycles. The van der Waals surface area contributed by atoms with Crippen LogP contribution in [-0.4, -0.2) is 14.8 Å². The number of nitrogens with zero attached hydrogens (tertiary/aromatic N) is 2. The summed E-state index contributed by atoms with van der Waals surface area (Å²) in [5, 5.41) is 6.49. The molecule has 74 valence electrons. The Morgan fingerprint density at radius 1 is 1.57 bits per heavy atom. The zero-order valence-corrected chi connectivity index (χ0v) is 9.97. The van der Waals surface area contributed by atoms with E-state index in [1.54, 1.807) is 10.9 Å². The van der Waals surface area contributed by atoms with Crippen molar-refractivity contribution in [3.63, 3.8) is 0 Å². The lowest BCUT2D eigenvalue weighted by atomic mass is 10.3. The van der Waals surface area contributed by atoms with Crippen molar-refractivity contribution < 1.29 is 0 Å². The van der Waals surface area contributed by atoms with Gasteiger partial charge in [0, 0.05) is 5.56 Å². The number of hydrogen-bond acceptors (Lipinski definition) is 3. The monoisotopic (exact) mass is 265 g/mol. The van der Waals surface area contributed by atoms with Crippen LogP contribution in [0.2, 0.25) is 8.67 Å². The second-order valence-corrected chi connectivity index (χ2v) is 5.31. The Labute approximate surface area is 99.3 Å². The van der Waals surface area contributed by atoms with Crippen molar-refractivity contribution in [1.82, 2.24) is 14.8 Å². The Kier molecular flexibility index (Phi) is 2.92. The lowest BCUT2D eigenvalue weighted by Crippen LogP contribution is -1.96. The van der Waals surface area contributed by atoms with E-state index in [9.17, 15) is 0 Å². The number of H-pyrrole nitrogens is 1. The number of aromatic nitrogens is 3. The molecule has 0 fully saturated rings. The van der Waals surface area contributed by atoms with Crippen LogP contribution in [-0.2, 0) is 6.54 Å². The molecule has 0 saturated heterocycles. The molecule has 0 unspecified atom stereocenters. The Bertz CT molecular complexity index is 499. The van der Waals surface area contributed by atoms with Gasteiger partial charge in [0.15, 0.2) is 4.77 Å². The van der Waals surface area contributed by atoms with Gasteiger partial charge in [0.1, 0.15) is 6.33 Å². The normalized spacial score (nSPS) is 10.7. The largest absolute Gasteiger partial charge is 0.302 e. The molecule has 2 rings (SSSR count). The summed E-state index contributed by atoms with van der Waals surface area (Å²) in [6.45, 7) is 0.595. The van der Waals surface area contributed by atoms with Gasteiger partial charge in [-0.15, -0.1) is 11.3 Å². The maximum absolute atomic E-state index is 5.97. The van der Waals surface area contributed by atoms with Gasteiger partial charge >= 0.3 is 0 Å². The van der Waals surface area contributed by atoms with E-state index in [0.29, 0.717) is 20.0 Å². The molecule has 14 heavy (non-hydrogen) atoms. The van der Waals surface area contributed by atoms with Gasteiger partial charge in [-0.25, -0.2) is 0 Å². The summed E-state index contributed by atoms with van der Waals surface area (Å²) in [4.78, 5) is 0. The summed E-state index contributed by atoms with van der Waals surface area (Å²) >= 11 is 18.1. The predicted octanol–water partition coefficient (Wildman–Crippen LogP) is 3.36. The summed E-state index contributed by atoms with van der Waals surface area (Å²) in [5.41, 5.74) is 0.958. The fraction of sp³-hybridized carbons (Fsp3) is 0.143. The van der Waals surface area contributed by atoms with Gasteiger partial charge in [-0.2, -0.15) is 5.10 Å². The molecular formula is C7H5Cl2N3S2. The van der Waals surface area contributed by atoms with Gasteiger partial charge in [-0.3, -0.25) is 5.10 Å². The van der Waals surface area contributed by atoms with Gasteiger partial charge in [0.2, 0.25) is 0 Å². The molecule has 0 aliphatic rings. The lowest BCUT2D eigenvalue weighted by Gasteiger charge is -1.98. The Morgan fingerprint density at radius 2 is 2.36 bits per heavy atom. The van der Waals surface area contributed by atoms with Crippen LogP contribution in [0.5, 0.6) is 0 Å². The maximum atomic E-state index is 5.97. The van der Waals surface area contributed by atoms with Crippen LogP contribution in [0.15, 0.2) is 12.4 Å². The first-order chi connectivity index (χ1) is 6.66. The molecular weight excluding hydrogens is 261 g/mol. The van der Waals surface area contributed by atoms with Gasteiger partial charge in [-0.05, 0) is 18.3 Å². The minimum atomic E-state index is 0.573. The first-order valence-electron chi connectivity index (χ1n) is 3.70. The van der Waals surface area contributed by atoms with Crippen molar-refractivity contribution in [2.75, 3.05) is 0 Å². The van der Waals surface area contributed by atoms with E-state index in [1.165, 1.54) is 11.3 Å². The summed E-state index contributed by atoms with van der Waals surface area (Å²) in [7, 11) is 0. The average Bonchev–Trinajstić information content (AvgIpc) is 2.62. The van der Waals surface area contributed by atoms with Crippen LogP contribution < -0.4 is 0 Å². The van der Waals surface area contributed by atoms with E-state index >= 15 is 0 Å². The predicted molar refractivity (Wildman–Crippen MR) is 60.9 cm³/mol. The van der Waals surface area contributed by atoms with Crippen molar-refractivity contribution in [2.24, 2.45) is 0 Å². The van der Waals surface area contributed by atoms with Gasteiger partial charge < -0.3 is 4.57 Å². The molecule has 0 atom stereocenters. The van der Waals surface area contributed by atoms with Gasteiger partial charge in [-0.1, -0.05) is 23.2 Å². The van der Waals surface area contributed by atoms with Crippen molar-refractivity contribution in [3.05, 3.63) is 31.4 Å². The number of rotatable bonds is 2. The van der Waals surface area contributed by atoms with E-state index in [2.05, 4.69) is 10.2 Å². The molecule has 0 radical (unpaired) electrons. The zero-order chi connectivity index (χ0) is 10.1. The maximum Gasteiger partial charge on any atom is 0.195 e. The quantitative estimate of drug-likeness (QED) is 0.845. The van der Waals surface area contributed by atoms with Crippen molar-refractivity contribution in [3.8, 4) is 0 Å². The first-order valence-corrected chi connectivity index (χ1v) is 5.68. The molecule has 0 amide bonds. The highest BCUT2D eigenvalue weighted by molar-refractivity contribution is 7.71. The summed E-state index contributed by atoms with van der Waals surface area (Å²) in [6, 6.07) is 1.84. The number of aromatic amines is 1. The average molecular weight is 266 g/mol. The van der Waals surface area contributed by atoms with Crippen LogP contribution >= 0.6 is 46.8 Å². The topological polar surface area (TPSA) is 33.6 Å². The number of hydrogen-bond donors (Lipinski definition) is 1. The molecule has 0 spiro atoms. The highest BCUT2D eigenvalue weighted by Crippen LogP contribution is 2.31. The molecule has 2 aromatic rings. The molecule has 1 N–H and O–H groups in total. The summed E-state index contributed by atoms with van der Waals surface area (Å²) in [5.74, 6) is 0. The Hall–Kier alpha value is -0.360. The SMILES string of the molecule is S=c1[nH]ncn1Cc1cc(Cl)sc1Cl. The molecule has 0 aromatic carbocycles. The van der Waals surface area contributed by atoms with Gasteiger partial charge in [0.05, 0.1) is 15.2 Å². The molecule has 0 saturated carbocycles. The van der Waals surface area contributed by atoms with E-state index in [-0.39, 0.29) is 0 Å². The zero-order valence-electron chi connectivity index (χ0n) is 6.83. The molecule has 7 heteroatoms. The Balaban J connectivity index is 2.31. The third kappa shape index (κ3) is 2.00. The number of thiophene rings is 1. The molecule has 0 aliphatic carbocycles. The first kappa shape index (κ1) is 10.2. The minimum Gasteiger partial charge on any atom is -0.302 e. The highest BCUT2D eigenvalue weighted by Gasteiger charge is 2.06. The van der Waals surface area contributed by atoms with Crippen LogP contribution in [0.4, 0.5) is 0 Å². The fourth-order valence-electron chi connectivity index (χ4n) is 1.05. The number of halogens is 2. The van der Waals surface area contributed by atoms with Crippen molar-refractivity contribution >= 4 is 46.8 Å². The van der Waals surface area contributed by atoms with Crippen LogP contribution in [0.25, 0.3) is 0 Å². The van der Waals surface area contributed by atoms with Gasteiger partial charge in [0.25, 0.3) is 0 Å². The number of nitrogens with one attached hydrogen (secondary N) is 1. The van der Waals surface area contributed by atoms with Crippen molar-refractivity contribution in [2.45, 2.75) is 6.54 Å². The fourth-order valence-corrected chi connectivity index (χ4v) is 2.69. The van der Waals surface area contributed by atoms with Crippen LogP contribution in [0.3, 0.4) is 0 Å². The Morgan fingerprint density at radius 3 is 2.86 bits per heavy atom. The summed E-state index contributed by atoms with van der Waals surface area (Å²) in [6.07, 6.45) is 1.63. The third-order valence-corrected chi connectivity index (χ3v) is 3.58. The standard InChI is InChI=1S/C7H5Cl2N3S2/c8-5-1-4(6(9)14-5)2-12-3-10-11-7(12)13/h1,3H,2H2,(H,11,13). The minimum absolute atomic E-state index is 0.573. The highest BCUT2D eigenvalue weighted by atomic mass is 35.5. The van der Waals surface area contributed by atoms with Crippen LogP contribution in [0, 0.1) is 4.77 Å². The second kappa shape index (κ2) is 4.02. The van der Waals surface area contributed by atoms with E-state index < -0.39 is 0 Å². The van der Waals surface area contributed by atoms with Crippen molar-refractivity contribution in [1.29, 1.82) is 0 Å². The molecule has 3 nitrogen and oxygen atoms in total. The smallest absolute Gasteiger partial charge is 0.195 e. The second-order valence-electron chi connectivity index (χ2n) is 2.64.